The zero-order valence-electron chi connectivity index (χ0n) is 17.0. The maximum Gasteiger partial charge on any atom is 0.330 e. The number of aliphatic carboxylic acids is 1. The normalized spacial score (nSPS) is 17.8. The van der Waals surface area contributed by atoms with E-state index in [1.165, 1.54) is 9.13 Å². The van der Waals surface area contributed by atoms with Crippen molar-refractivity contribution in [1.82, 2.24) is 23.6 Å². The van der Waals surface area contributed by atoms with Gasteiger partial charge in [-0.25, -0.2) is 9.78 Å². The smallest absolute Gasteiger partial charge is 0.330 e. The molecular weight excluding hydrogens is 414 g/mol. The number of carboxylic acid groups (broad SMARTS) is 1. The van der Waals surface area contributed by atoms with Crippen molar-refractivity contribution in [3.8, 4) is 0 Å². The van der Waals surface area contributed by atoms with Crippen LogP contribution in [0.4, 0.5) is 0 Å². The zero-order chi connectivity index (χ0) is 21.1. The Morgan fingerprint density at radius 3 is 2.79 bits per heavy atom. The molecule has 2 aromatic rings. The third-order valence-corrected chi connectivity index (χ3v) is 6.47. The van der Waals surface area contributed by atoms with Gasteiger partial charge in [0, 0.05) is 52.4 Å². The molecule has 0 spiro atoms. The highest BCUT2D eigenvalue weighted by molar-refractivity contribution is 7.99. The van der Waals surface area contributed by atoms with E-state index < -0.39 is 5.97 Å². The fourth-order valence-electron chi connectivity index (χ4n) is 3.49. The minimum atomic E-state index is -0.832. The molecule has 29 heavy (non-hydrogen) atoms. The first kappa shape index (κ1) is 22.0. The van der Waals surface area contributed by atoms with Gasteiger partial charge in [0.2, 0.25) is 0 Å². The summed E-state index contributed by atoms with van der Waals surface area (Å²) in [5, 5.41) is 9.76. The van der Waals surface area contributed by atoms with Gasteiger partial charge in [0.15, 0.2) is 10.8 Å². The molecule has 0 bridgehead atoms. The molecule has 1 unspecified atom stereocenters. The van der Waals surface area contributed by atoms with Crippen LogP contribution in [0.3, 0.4) is 0 Å². The second-order valence-corrected chi connectivity index (χ2v) is 8.70. The van der Waals surface area contributed by atoms with Crippen molar-refractivity contribution in [2.24, 2.45) is 14.1 Å². The molecule has 1 aliphatic heterocycles. The average molecular weight is 442 g/mol. The van der Waals surface area contributed by atoms with E-state index in [4.69, 9.17) is 22.1 Å². The SMILES string of the molecule is CC1CN(CCSc2nc3c(c(=S)n(C)c(=O)n3C)n2CCCC(=O)O)CCO1. The summed E-state index contributed by atoms with van der Waals surface area (Å²) in [6.45, 7) is 6.05. The second-order valence-electron chi connectivity index (χ2n) is 7.25. The van der Waals surface area contributed by atoms with Crippen LogP contribution in [0.1, 0.15) is 19.8 Å². The molecule has 0 radical (unpaired) electrons. The first-order valence-electron chi connectivity index (χ1n) is 9.64. The standard InChI is InChI=1S/C18H27N5O4S2/c1-12-11-22(7-9-27-12)8-10-29-17-19-15-14(23(17)6-4-5-13(24)25)16(28)21(3)18(26)20(15)2/h12H,4-11H2,1-3H3,(H,24,25). The summed E-state index contributed by atoms with van der Waals surface area (Å²) in [6, 6.07) is 0. The number of ether oxygens (including phenoxy) is 1. The van der Waals surface area contributed by atoms with Gasteiger partial charge in [0.05, 0.1) is 12.7 Å². The van der Waals surface area contributed by atoms with Crippen molar-refractivity contribution in [1.29, 1.82) is 0 Å². The molecule has 3 heterocycles. The van der Waals surface area contributed by atoms with E-state index >= 15 is 0 Å². The lowest BCUT2D eigenvalue weighted by atomic mass is 10.3. The highest BCUT2D eigenvalue weighted by Gasteiger charge is 2.19. The predicted octanol–water partition coefficient (Wildman–Crippen LogP) is 1.48. The maximum absolute atomic E-state index is 12.4. The second kappa shape index (κ2) is 9.41. The Kier molecular flexibility index (Phi) is 7.14. The van der Waals surface area contributed by atoms with E-state index in [0.29, 0.717) is 28.8 Å². The van der Waals surface area contributed by atoms with Gasteiger partial charge in [-0.05, 0) is 13.3 Å². The molecule has 3 rings (SSSR count). The topological polar surface area (TPSA) is 94.5 Å². The van der Waals surface area contributed by atoms with Gasteiger partial charge < -0.3 is 14.4 Å². The van der Waals surface area contributed by atoms with E-state index in [9.17, 15) is 9.59 Å². The lowest BCUT2D eigenvalue weighted by Gasteiger charge is -2.30. The summed E-state index contributed by atoms with van der Waals surface area (Å²) in [6.07, 6.45) is 0.781. The van der Waals surface area contributed by atoms with Gasteiger partial charge in [-0.15, -0.1) is 0 Å². The largest absolute Gasteiger partial charge is 0.481 e. The van der Waals surface area contributed by atoms with Crippen molar-refractivity contribution >= 4 is 41.1 Å². The van der Waals surface area contributed by atoms with Crippen LogP contribution in [-0.2, 0) is 30.2 Å². The number of aryl methyl sites for hydroxylation is 2. The molecule has 11 heteroatoms. The van der Waals surface area contributed by atoms with Crippen LogP contribution in [0.25, 0.3) is 11.2 Å². The molecule has 2 aromatic heterocycles. The molecule has 160 valence electrons. The minimum Gasteiger partial charge on any atom is -0.481 e. The Hall–Kier alpha value is -1.69. The van der Waals surface area contributed by atoms with Gasteiger partial charge in [0.1, 0.15) is 10.2 Å². The number of hydrogen-bond acceptors (Lipinski definition) is 7. The molecule has 0 saturated carbocycles. The number of thioether (sulfide) groups is 1. The van der Waals surface area contributed by atoms with Crippen molar-refractivity contribution in [2.75, 3.05) is 32.0 Å². The van der Waals surface area contributed by atoms with Gasteiger partial charge in [-0.3, -0.25) is 18.8 Å². The molecule has 1 atom stereocenters. The quantitative estimate of drug-likeness (QED) is 0.486. The number of morpholine rings is 1. The van der Waals surface area contributed by atoms with E-state index in [1.54, 1.807) is 25.9 Å². The third-order valence-electron chi connectivity index (χ3n) is 5.05. The first-order chi connectivity index (χ1) is 13.8. The fourth-order valence-corrected chi connectivity index (χ4v) is 4.79. The number of carboxylic acids is 1. The fraction of sp³-hybridized carbons (Fsp3) is 0.667. The summed E-state index contributed by atoms with van der Waals surface area (Å²) < 4.78 is 10.9. The van der Waals surface area contributed by atoms with Crippen molar-refractivity contribution in [3.63, 3.8) is 0 Å². The number of imidazole rings is 1. The Morgan fingerprint density at radius 1 is 1.34 bits per heavy atom. The van der Waals surface area contributed by atoms with Gasteiger partial charge in [-0.1, -0.05) is 24.0 Å². The van der Waals surface area contributed by atoms with Crippen LogP contribution in [0.2, 0.25) is 0 Å². The Bertz CT molecular complexity index is 1010. The molecule has 1 saturated heterocycles. The van der Waals surface area contributed by atoms with Crippen LogP contribution in [0.5, 0.6) is 0 Å². The monoisotopic (exact) mass is 441 g/mol. The van der Waals surface area contributed by atoms with Crippen LogP contribution in [-0.4, -0.2) is 72.8 Å². The average Bonchev–Trinajstić information content (AvgIpc) is 3.03. The molecule has 1 fully saturated rings. The van der Waals surface area contributed by atoms with E-state index in [1.807, 2.05) is 4.57 Å². The Labute approximate surface area is 178 Å². The maximum atomic E-state index is 12.4. The first-order valence-corrected chi connectivity index (χ1v) is 11.0. The van der Waals surface area contributed by atoms with Crippen LogP contribution >= 0.6 is 24.0 Å². The third kappa shape index (κ3) is 4.90. The lowest BCUT2D eigenvalue weighted by Crippen LogP contribution is -2.42. The van der Waals surface area contributed by atoms with Crippen LogP contribution in [0, 0.1) is 4.64 Å². The minimum absolute atomic E-state index is 0.0695. The zero-order valence-corrected chi connectivity index (χ0v) is 18.6. The Balaban J connectivity index is 1.87. The number of nitrogens with zero attached hydrogens (tertiary/aromatic N) is 5. The molecular formula is C18H27N5O4S2. The summed E-state index contributed by atoms with van der Waals surface area (Å²) in [5.74, 6) is 0.00329. The van der Waals surface area contributed by atoms with Crippen molar-refractivity contribution < 1.29 is 14.6 Å². The number of rotatable bonds is 8. The highest BCUT2D eigenvalue weighted by atomic mass is 32.2. The van der Waals surface area contributed by atoms with Gasteiger partial charge in [0.25, 0.3) is 0 Å². The Morgan fingerprint density at radius 2 is 2.10 bits per heavy atom. The molecule has 1 aliphatic rings. The summed E-state index contributed by atoms with van der Waals surface area (Å²) in [5.41, 5.74) is 1.02. The number of aromatic nitrogens is 4. The number of carbonyl (C=O) groups is 1. The van der Waals surface area contributed by atoms with E-state index in [-0.39, 0.29) is 18.2 Å². The van der Waals surface area contributed by atoms with E-state index in [2.05, 4.69) is 16.8 Å². The van der Waals surface area contributed by atoms with Crippen LogP contribution < -0.4 is 5.69 Å². The summed E-state index contributed by atoms with van der Waals surface area (Å²) in [4.78, 5) is 30.4. The summed E-state index contributed by atoms with van der Waals surface area (Å²) in [7, 11) is 3.32. The molecule has 0 aliphatic carbocycles. The van der Waals surface area contributed by atoms with Gasteiger partial charge in [-0.2, -0.15) is 0 Å². The van der Waals surface area contributed by atoms with Crippen LogP contribution in [0.15, 0.2) is 9.95 Å². The molecule has 0 amide bonds. The molecule has 0 aromatic carbocycles. The summed E-state index contributed by atoms with van der Waals surface area (Å²) >= 11 is 7.12. The number of fused-ring (bicyclic) bond motifs is 1. The van der Waals surface area contributed by atoms with Crippen molar-refractivity contribution in [2.45, 2.75) is 37.6 Å². The molecule has 9 nitrogen and oxygen atoms in total. The highest BCUT2D eigenvalue weighted by Crippen LogP contribution is 2.25. The van der Waals surface area contributed by atoms with Crippen molar-refractivity contribution in [3.05, 3.63) is 15.1 Å². The molecule has 1 N–H and O–H groups in total. The van der Waals surface area contributed by atoms with E-state index in [0.717, 1.165) is 37.2 Å². The van der Waals surface area contributed by atoms with Gasteiger partial charge >= 0.3 is 11.7 Å². The predicted molar refractivity (Wildman–Crippen MR) is 114 cm³/mol. The number of hydrogen-bond donors (Lipinski definition) is 1. The lowest BCUT2D eigenvalue weighted by molar-refractivity contribution is -0.137.